The molecule has 0 radical (unpaired) electrons. The van der Waals surface area contributed by atoms with Crippen LogP contribution in [-0.2, 0) is 0 Å². The van der Waals surface area contributed by atoms with E-state index in [-0.39, 0.29) is 0 Å². The molecule has 0 bridgehead atoms. The molecular formula is C16H33N3. The van der Waals surface area contributed by atoms with Crippen molar-refractivity contribution in [2.45, 2.75) is 71.0 Å². The summed E-state index contributed by atoms with van der Waals surface area (Å²) in [6.45, 7) is 11.6. The van der Waals surface area contributed by atoms with Gasteiger partial charge in [-0.3, -0.25) is 9.80 Å². The number of likely N-dealkylation sites (tertiary alicyclic amines) is 1. The second-order valence-corrected chi connectivity index (χ2v) is 6.71. The average Bonchev–Trinajstić information content (AvgIpc) is 2.90. The van der Waals surface area contributed by atoms with Crippen LogP contribution in [0, 0.1) is 5.92 Å². The van der Waals surface area contributed by atoms with Crippen LogP contribution in [0.25, 0.3) is 0 Å². The highest BCUT2D eigenvalue weighted by Gasteiger charge is 2.35. The summed E-state index contributed by atoms with van der Waals surface area (Å²) in [7, 11) is 0. The third-order valence-corrected chi connectivity index (χ3v) is 5.36. The van der Waals surface area contributed by atoms with Crippen molar-refractivity contribution in [2.24, 2.45) is 11.7 Å². The first-order valence-corrected chi connectivity index (χ1v) is 8.37. The smallest absolute Gasteiger partial charge is 0.0238 e. The number of rotatable bonds is 5. The number of hydrogen-bond donors (Lipinski definition) is 1. The molecule has 1 aliphatic heterocycles. The fraction of sp³-hybridized carbons (Fsp3) is 1.00. The van der Waals surface area contributed by atoms with Crippen molar-refractivity contribution in [3.05, 3.63) is 0 Å². The van der Waals surface area contributed by atoms with Crippen LogP contribution in [0.2, 0.25) is 0 Å². The van der Waals surface area contributed by atoms with Crippen molar-refractivity contribution in [3.8, 4) is 0 Å². The third kappa shape index (κ3) is 3.50. The Kier molecular flexibility index (Phi) is 5.67. The SMILES string of the molecule is CCN(C1CCN(C(C)C)C1)C1CCCCC1CN. The molecule has 1 aliphatic carbocycles. The molecule has 19 heavy (non-hydrogen) atoms. The van der Waals surface area contributed by atoms with Gasteiger partial charge in [-0.15, -0.1) is 0 Å². The minimum absolute atomic E-state index is 0.695. The van der Waals surface area contributed by atoms with E-state index in [1.54, 1.807) is 0 Å². The van der Waals surface area contributed by atoms with Crippen LogP contribution in [0.5, 0.6) is 0 Å². The highest BCUT2D eigenvalue weighted by atomic mass is 15.3. The van der Waals surface area contributed by atoms with E-state index in [4.69, 9.17) is 5.73 Å². The van der Waals surface area contributed by atoms with E-state index in [1.165, 1.54) is 51.7 Å². The Morgan fingerprint density at radius 1 is 1.21 bits per heavy atom. The molecule has 2 rings (SSSR count). The maximum atomic E-state index is 6.02. The van der Waals surface area contributed by atoms with Gasteiger partial charge in [0.15, 0.2) is 0 Å². The van der Waals surface area contributed by atoms with Gasteiger partial charge in [0, 0.05) is 31.2 Å². The van der Waals surface area contributed by atoms with Gasteiger partial charge in [0.1, 0.15) is 0 Å². The zero-order chi connectivity index (χ0) is 13.8. The summed E-state index contributed by atoms with van der Waals surface area (Å²) in [4.78, 5) is 5.42. The molecule has 0 aromatic rings. The lowest BCUT2D eigenvalue weighted by molar-refractivity contribution is 0.0711. The number of hydrogen-bond acceptors (Lipinski definition) is 3. The van der Waals surface area contributed by atoms with E-state index in [9.17, 15) is 0 Å². The molecule has 3 unspecified atom stereocenters. The topological polar surface area (TPSA) is 32.5 Å². The predicted octanol–water partition coefficient (Wildman–Crippen LogP) is 2.31. The molecule has 1 heterocycles. The summed E-state index contributed by atoms with van der Waals surface area (Å²) in [6, 6.07) is 2.21. The molecule has 112 valence electrons. The van der Waals surface area contributed by atoms with E-state index in [1.807, 2.05) is 0 Å². The Bertz CT molecular complexity index is 267. The molecule has 2 fully saturated rings. The molecule has 1 saturated heterocycles. The van der Waals surface area contributed by atoms with Crippen molar-refractivity contribution in [3.63, 3.8) is 0 Å². The monoisotopic (exact) mass is 267 g/mol. The van der Waals surface area contributed by atoms with E-state index in [0.717, 1.165) is 24.5 Å². The molecule has 1 saturated carbocycles. The number of likely N-dealkylation sites (N-methyl/N-ethyl adjacent to an activating group) is 1. The first-order valence-electron chi connectivity index (χ1n) is 8.37. The fourth-order valence-electron chi connectivity index (χ4n) is 4.17. The summed E-state index contributed by atoms with van der Waals surface area (Å²) in [5.41, 5.74) is 6.02. The second kappa shape index (κ2) is 7.05. The van der Waals surface area contributed by atoms with Gasteiger partial charge < -0.3 is 5.73 Å². The van der Waals surface area contributed by atoms with E-state index < -0.39 is 0 Å². The third-order valence-electron chi connectivity index (χ3n) is 5.36. The van der Waals surface area contributed by atoms with Crippen LogP contribution in [0.15, 0.2) is 0 Å². The lowest BCUT2D eigenvalue weighted by Crippen LogP contribution is -2.50. The minimum Gasteiger partial charge on any atom is -0.330 e. The van der Waals surface area contributed by atoms with Gasteiger partial charge in [-0.25, -0.2) is 0 Å². The van der Waals surface area contributed by atoms with Crippen molar-refractivity contribution in [2.75, 3.05) is 26.2 Å². The molecule has 0 aromatic heterocycles. The molecular weight excluding hydrogens is 234 g/mol. The Balaban J connectivity index is 1.99. The normalized spacial score (nSPS) is 33.5. The Labute approximate surface area is 119 Å². The van der Waals surface area contributed by atoms with Crippen molar-refractivity contribution < 1.29 is 0 Å². The van der Waals surface area contributed by atoms with Gasteiger partial charge >= 0.3 is 0 Å². The van der Waals surface area contributed by atoms with Gasteiger partial charge in [-0.2, -0.15) is 0 Å². The maximum Gasteiger partial charge on any atom is 0.0238 e. The van der Waals surface area contributed by atoms with Crippen molar-refractivity contribution >= 4 is 0 Å². The molecule has 3 atom stereocenters. The quantitative estimate of drug-likeness (QED) is 0.829. The van der Waals surface area contributed by atoms with Crippen LogP contribution in [0.1, 0.15) is 52.9 Å². The van der Waals surface area contributed by atoms with E-state index in [2.05, 4.69) is 30.6 Å². The van der Waals surface area contributed by atoms with Crippen LogP contribution >= 0.6 is 0 Å². The maximum absolute atomic E-state index is 6.02. The van der Waals surface area contributed by atoms with Gasteiger partial charge in [0.2, 0.25) is 0 Å². The highest BCUT2D eigenvalue weighted by molar-refractivity contribution is 4.91. The zero-order valence-corrected chi connectivity index (χ0v) is 13.1. The zero-order valence-electron chi connectivity index (χ0n) is 13.1. The molecule has 3 heteroatoms. The average molecular weight is 267 g/mol. The van der Waals surface area contributed by atoms with E-state index >= 15 is 0 Å². The summed E-state index contributed by atoms with van der Waals surface area (Å²) >= 11 is 0. The van der Waals surface area contributed by atoms with Crippen molar-refractivity contribution in [1.82, 2.24) is 9.80 Å². The first kappa shape index (κ1) is 15.3. The highest BCUT2D eigenvalue weighted by Crippen LogP contribution is 2.31. The molecule has 0 amide bonds. The van der Waals surface area contributed by atoms with E-state index in [0.29, 0.717) is 6.04 Å². The summed E-state index contributed by atoms with van der Waals surface area (Å²) in [5, 5.41) is 0. The first-order chi connectivity index (χ1) is 9.17. The summed E-state index contributed by atoms with van der Waals surface area (Å²) in [5.74, 6) is 0.738. The van der Waals surface area contributed by atoms with Gasteiger partial charge in [-0.1, -0.05) is 19.8 Å². The van der Waals surface area contributed by atoms with Crippen LogP contribution < -0.4 is 5.73 Å². The predicted molar refractivity (Wildman–Crippen MR) is 82.3 cm³/mol. The molecule has 2 aliphatic rings. The van der Waals surface area contributed by atoms with Gasteiger partial charge in [0.25, 0.3) is 0 Å². The van der Waals surface area contributed by atoms with Gasteiger partial charge in [-0.05, 0) is 52.1 Å². The van der Waals surface area contributed by atoms with Crippen LogP contribution in [-0.4, -0.2) is 54.1 Å². The number of nitrogens with zero attached hydrogens (tertiary/aromatic N) is 2. The lowest BCUT2D eigenvalue weighted by Gasteiger charge is -2.42. The van der Waals surface area contributed by atoms with Crippen LogP contribution in [0.4, 0.5) is 0 Å². The minimum atomic E-state index is 0.695. The largest absolute Gasteiger partial charge is 0.330 e. The Hall–Kier alpha value is -0.120. The summed E-state index contributed by atoms with van der Waals surface area (Å²) in [6.07, 6.45) is 6.85. The van der Waals surface area contributed by atoms with Crippen LogP contribution in [0.3, 0.4) is 0 Å². The second-order valence-electron chi connectivity index (χ2n) is 6.71. The molecule has 2 N–H and O–H groups in total. The Morgan fingerprint density at radius 2 is 1.95 bits per heavy atom. The van der Waals surface area contributed by atoms with Crippen molar-refractivity contribution in [1.29, 1.82) is 0 Å². The molecule has 0 spiro atoms. The molecule has 3 nitrogen and oxygen atoms in total. The Morgan fingerprint density at radius 3 is 2.53 bits per heavy atom. The standard InChI is InChI=1S/C16H33N3/c1-4-19(15-9-10-18(12-15)13(2)3)16-8-6-5-7-14(16)11-17/h13-16H,4-12,17H2,1-3H3. The molecule has 0 aromatic carbocycles. The number of nitrogens with two attached hydrogens (primary N) is 1. The summed E-state index contributed by atoms with van der Waals surface area (Å²) < 4.78 is 0. The lowest BCUT2D eigenvalue weighted by atomic mass is 9.83. The van der Waals surface area contributed by atoms with Gasteiger partial charge in [0.05, 0.1) is 0 Å². The fourth-order valence-corrected chi connectivity index (χ4v) is 4.17.